The quantitative estimate of drug-likeness (QED) is 0.489. The average Bonchev–Trinajstić information content (AvgIpc) is 1.65. The van der Waals surface area contributed by atoms with E-state index in [9.17, 15) is 8.78 Å². The number of allylic oxidation sites excluding steroid dienone is 3. The molecule has 0 aliphatic rings. The van der Waals surface area contributed by atoms with Gasteiger partial charge in [0.1, 0.15) is 11.7 Å². The van der Waals surface area contributed by atoms with Crippen molar-refractivity contribution < 1.29 is 8.78 Å². The molecule has 0 amide bonds. The van der Waals surface area contributed by atoms with Gasteiger partial charge in [-0.2, -0.15) is 0 Å². The zero-order valence-electron chi connectivity index (χ0n) is 4.75. The molecule has 0 rings (SSSR count). The normalized spacial score (nSPS) is 11.6. The second-order valence-corrected chi connectivity index (χ2v) is 1.39. The molecule has 0 spiro atoms. The van der Waals surface area contributed by atoms with Gasteiger partial charge in [0.15, 0.2) is 0 Å². The largest absolute Gasteiger partial charge is 0.212 e. The Labute approximate surface area is 47.5 Å². The highest BCUT2D eigenvalue weighted by molar-refractivity contribution is 5.09. The van der Waals surface area contributed by atoms with Gasteiger partial charge in [0.25, 0.3) is 0 Å². The lowest BCUT2D eigenvalue weighted by Crippen LogP contribution is -1.67. The maximum absolute atomic E-state index is 11.9. The van der Waals surface area contributed by atoms with Crippen LogP contribution in [-0.2, 0) is 0 Å². The Bertz CT molecular complexity index is 114. The molecule has 0 heterocycles. The molecule has 0 aromatic heterocycles. The van der Waals surface area contributed by atoms with Crippen LogP contribution in [0.1, 0.15) is 13.3 Å². The maximum Gasteiger partial charge on any atom is 0.118 e. The van der Waals surface area contributed by atoms with Crippen molar-refractivity contribution in [2.24, 2.45) is 0 Å². The summed E-state index contributed by atoms with van der Waals surface area (Å²) in [5, 5.41) is 0. The summed E-state index contributed by atoms with van der Waals surface area (Å²) in [6.07, 6.45) is 1.00. The molecule has 0 bridgehead atoms. The summed E-state index contributed by atoms with van der Waals surface area (Å²) in [5.74, 6) is -1.21. The Morgan fingerprint density at radius 2 is 2.12 bits per heavy atom. The van der Waals surface area contributed by atoms with Crippen molar-refractivity contribution in [1.82, 2.24) is 0 Å². The minimum Gasteiger partial charge on any atom is -0.212 e. The van der Waals surface area contributed by atoms with Crippen LogP contribution >= 0.6 is 0 Å². The third kappa shape index (κ3) is 3.53. The van der Waals surface area contributed by atoms with Crippen molar-refractivity contribution in [3.63, 3.8) is 0 Å². The second-order valence-electron chi connectivity index (χ2n) is 1.39. The molecule has 0 aliphatic carbocycles. The van der Waals surface area contributed by atoms with Crippen molar-refractivity contribution in [2.45, 2.75) is 13.3 Å². The Balaban J connectivity index is 3.75. The van der Waals surface area contributed by atoms with E-state index in [4.69, 9.17) is 0 Å². The van der Waals surface area contributed by atoms with E-state index in [1.165, 1.54) is 0 Å². The maximum atomic E-state index is 11.9. The van der Waals surface area contributed by atoms with Crippen LogP contribution in [0.4, 0.5) is 8.78 Å². The zero-order valence-corrected chi connectivity index (χ0v) is 4.75. The first-order chi connectivity index (χ1) is 3.66. The topological polar surface area (TPSA) is 0 Å². The van der Waals surface area contributed by atoms with E-state index < -0.39 is 11.7 Å². The van der Waals surface area contributed by atoms with E-state index in [2.05, 4.69) is 6.58 Å². The van der Waals surface area contributed by atoms with Gasteiger partial charge in [-0.25, -0.2) is 8.78 Å². The van der Waals surface area contributed by atoms with Crippen molar-refractivity contribution >= 4 is 0 Å². The third-order valence-electron chi connectivity index (χ3n) is 0.651. The van der Waals surface area contributed by atoms with E-state index in [1.807, 2.05) is 0 Å². The van der Waals surface area contributed by atoms with Gasteiger partial charge >= 0.3 is 0 Å². The molecule has 0 aromatic rings. The lowest BCUT2D eigenvalue weighted by atomic mass is 10.4. The third-order valence-corrected chi connectivity index (χ3v) is 0.651. The summed E-state index contributed by atoms with van der Waals surface area (Å²) < 4.78 is 23.6. The molecule has 0 fully saturated rings. The van der Waals surface area contributed by atoms with Gasteiger partial charge in [-0.05, 0) is 6.42 Å². The predicted molar refractivity (Wildman–Crippen MR) is 29.7 cm³/mol. The van der Waals surface area contributed by atoms with Gasteiger partial charge in [-0.1, -0.05) is 13.5 Å². The second kappa shape index (κ2) is 3.36. The van der Waals surface area contributed by atoms with Crippen LogP contribution in [0.25, 0.3) is 0 Å². The van der Waals surface area contributed by atoms with Gasteiger partial charge in [0.05, 0.1) is 0 Å². The molecule has 0 aliphatic heterocycles. The molecule has 0 aromatic carbocycles. The van der Waals surface area contributed by atoms with Crippen LogP contribution < -0.4 is 0 Å². The Morgan fingerprint density at radius 1 is 1.62 bits per heavy atom. The fraction of sp³-hybridized carbons (Fsp3) is 0.333. The molecule has 0 N–H and O–H groups in total. The molecular weight excluding hydrogens is 110 g/mol. The summed E-state index contributed by atoms with van der Waals surface area (Å²) in [6, 6.07) is 0. The molecular formula is C6H8F2. The molecule has 2 heteroatoms. The first-order valence-corrected chi connectivity index (χ1v) is 2.37. The van der Waals surface area contributed by atoms with Gasteiger partial charge < -0.3 is 0 Å². The molecule has 0 saturated heterocycles. The van der Waals surface area contributed by atoms with Gasteiger partial charge in [0.2, 0.25) is 0 Å². The zero-order chi connectivity index (χ0) is 6.57. The SMILES string of the molecule is C=C(F)C=C(F)CC. The molecule has 0 saturated carbocycles. The van der Waals surface area contributed by atoms with Crippen LogP contribution in [0.2, 0.25) is 0 Å². The van der Waals surface area contributed by atoms with Crippen LogP contribution in [0.15, 0.2) is 24.3 Å². The van der Waals surface area contributed by atoms with E-state index in [-0.39, 0.29) is 6.42 Å². The Hall–Kier alpha value is -0.660. The molecule has 0 atom stereocenters. The van der Waals surface area contributed by atoms with Crippen molar-refractivity contribution in [2.75, 3.05) is 0 Å². The number of halogens is 2. The minimum absolute atomic E-state index is 0.225. The summed E-state index contributed by atoms with van der Waals surface area (Å²) in [4.78, 5) is 0. The van der Waals surface area contributed by atoms with Crippen molar-refractivity contribution in [3.8, 4) is 0 Å². The van der Waals surface area contributed by atoms with Crippen LogP contribution in [0, 0.1) is 0 Å². The first kappa shape index (κ1) is 7.34. The lowest BCUT2D eigenvalue weighted by Gasteiger charge is -1.84. The van der Waals surface area contributed by atoms with Crippen molar-refractivity contribution in [3.05, 3.63) is 24.3 Å². The fourth-order valence-electron chi connectivity index (χ4n) is 0.272. The summed E-state index contributed by atoms with van der Waals surface area (Å²) in [5.41, 5.74) is 0. The monoisotopic (exact) mass is 118 g/mol. The van der Waals surface area contributed by atoms with Crippen molar-refractivity contribution in [1.29, 1.82) is 0 Å². The van der Waals surface area contributed by atoms with Crippen LogP contribution in [0.5, 0.6) is 0 Å². The first-order valence-electron chi connectivity index (χ1n) is 2.37. The summed E-state index contributed by atoms with van der Waals surface area (Å²) in [6.45, 7) is 4.47. The summed E-state index contributed by atoms with van der Waals surface area (Å²) >= 11 is 0. The highest BCUT2D eigenvalue weighted by Gasteiger charge is 1.88. The molecule has 0 nitrogen and oxygen atoms in total. The van der Waals surface area contributed by atoms with E-state index in [1.54, 1.807) is 6.92 Å². The van der Waals surface area contributed by atoms with Gasteiger partial charge in [-0.15, -0.1) is 0 Å². The Morgan fingerprint density at radius 3 is 2.25 bits per heavy atom. The molecule has 0 radical (unpaired) electrons. The van der Waals surface area contributed by atoms with E-state index >= 15 is 0 Å². The standard InChI is InChI=1S/C6H8F2/c1-3-6(8)4-5(2)7/h4H,2-3H2,1H3. The van der Waals surface area contributed by atoms with E-state index in [0.29, 0.717) is 0 Å². The number of rotatable bonds is 2. The molecule has 0 unspecified atom stereocenters. The number of hydrogen-bond acceptors (Lipinski definition) is 0. The highest BCUT2D eigenvalue weighted by Crippen LogP contribution is 2.05. The van der Waals surface area contributed by atoms with Crippen LogP contribution in [0.3, 0.4) is 0 Å². The van der Waals surface area contributed by atoms with Crippen LogP contribution in [-0.4, -0.2) is 0 Å². The minimum atomic E-state index is -0.732. The molecule has 8 heavy (non-hydrogen) atoms. The fourth-order valence-corrected chi connectivity index (χ4v) is 0.272. The number of hydrogen-bond donors (Lipinski definition) is 0. The van der Waals surface area contributed by atoms with Gasteiger partial charge in [-0.3, -0.25) is 0 Å². The highest BCUT2D eigenvalue weighted by atomic mass is 19.1. The van der Waals surface area contributed by atoms with E-state index in [0.717, 1.165) is 6.08 Å². The molecule has 46 valence electrons. The predicted octanol–water partition coefficient (Wildman–Crippen LogP) is 2.73. The summed E-state index contributed by atoms with van der Waals surface area (Å²) in [7, 11) is 0. The lowest BCUT2D eigenvalue weighted by molar-refractivity contribution is 0.588. The Kier molecular flexibility index (Phi) is 3.08. The van der Waals surface area contributed by atoms with Gasteiger partial charge in [0, 0.05) is 6.08 Å². The average molecular weight is 118 g/mol. The smallest absolute Gasteiger partial charge is 0.118 e.